The second kappa shape index (κ2) is 9.05. The van der Waals surface area contributed by atoms with Gasteiger partial charge >= 0.3 is 6.03 Å². The van der Waals surface area contributed by atoms with E-state index in [0.717, 1.165) is 11.1 Å². The van der Waals surface area contributed by atoms with Crippen LogP contribution in [0.25, 0.3) is 0 Å². The van der Waals surface area contributed by atoms with Crippen molar-refractivity contribution >= 4 is 11.7 Å². The van der Waals surface area contributed by atoms with E-state index in [1.165, 1.54) is 4.90 Å². The van der Waals surface area contributed by atoms with Crippen molar-refractivity contribution in [2.45, 2.75) is 26.2 Å². The summed E-state index contributed by atoms with van der Waals surface area (Å²) in [5.74, 6) is 0. The van der Waals surface area contributed by atoms with Gasteiger partial charge in [0.25, 0.3) is 0 Å². The highest BCUT2D eigenvalue weighted by Gasteiger charge is 2.14. The lowest BCUT2D eigenvalue weighted by Crippen LogP contribution is -2.40. The molecule has 2 aromatic rings. The number of amides is 2. The molecule has 0 aliphatic heterocycles. The quantitative estimate of drug-likeness (QED) is 0.820. The molecular formula is C19H24N2O3. The Morgan fingerprint density at radius 2 is 1.67 bits per heavy atom. The zero-order chi connectivity index (χ0) is 17.4. The number of aliphatic hydroxyl groups is 1. The van der Waals surface area contributed by atoms with E-state index in [4.69, 9.17) is 9.84 Å². The molecule has 24 heavy (non-hydrogen) atoms. The molecule has 2 amide bonds. The molecule has 2 aromatic carbocycles. The SMILES string of the molecule is CC(CO)N(C)C(=O)Nc1ccc(COCc2ccccc2)cc1. The Bertz CT molecular complexity index is 629. The number of hydrogen-bond donors (Lipinski definition) is 2. The van der Waals surface area contributed by atoms with Crippen LogP contribution in [0.4, 0.5) is 10.5 Å². The molecule has 0 aliphatic rings. The molecular weight excluding hydrogens is 304 g/mol. The molecule has 0 heterocycles. The van der Waals surface area contributed by atoms with Gasteiger partial charge in [-0.05, 0) is 30.2 Å². The molecule has 0 radical (unpaired) electrons. The van der Waals surface area contributed by atoms with E-state index in [9.17, 15) is 4.79 Å². The van der Waals surface area contributed by atoms with Gasteiger partial charge in [-0.15, -0.1) is 0 Å². The van der Waals surface area contributed by atoms with Crippen LogP contribution < -0.4 is 5.32 Å². The fraction of sp³-hybridized carbons (Fsp3) is 0.316. The van der Waals surface area contributed by atoms with Gasteiger partial charge in [0.2, 0.25) is 0 Å². The number of likely N-dealkylation sites (N-methyl/N-ethyl adjacent to an activating group) is 1. The maximum atomic E-state index is 12.0. The summed E-state index contributed by atoms with van der Waals surface area (Å²) in [6.45, 7) is 2.81. The van der Waals surface area contributed by atoms with Crippen LogP contribution in [0.2, 0.25) is 0 Å². The topological polar surface area (TPSA) is 61.8 Å². The van der Waals surface area contributed by atoms with Crippen LogP contribution in [-0.2, 0) is 18.0 Å². The van der Waals surface area contributed by atoms with Gasteiger partial charge < -0.3 is 20.1 Å². The van der Waals surface area contributed by atoms with Crippen molar-refractivity contribution < 1.29 is 14.6 Å². The van der Waals surface area contributed by atoms with Crippen molar-refractivity contribution in [2.24, 2.45) is 0 Å². The van der Waals surface area contributed by atoms with Gasteiger partial charge in [-0.25, -0.2) is 4.79 Å². The third-order valence-corrected chi connectivity index (χ3v) is 3.83. The van der Waals surface area contributed by atoms with E-state index in [2.05, 4.69) is 5.32 Å². The number of rotatable bonds is 7. The van der Waals surface area contributed by atoms with Crippen molar-refractivity contribution in [3.63, 3.8) is 0 Å². The monoisotopic (exact) mass is 328 g/mol. The Morgan fingerprint density at radius 3 is 2.25 bits per heavy atom. The molecule has 0 fully saturated rings. The van der Waals surface area contributed by atoms with Crippen molar-refractivity contribution in [1.29, 1.82) is 0 Å². The van der Waals surface area contributed by atoms with Crippen LogP contribution in [0.15, 0.2) is 54.6 Å². The van der Waals surface area contributed by atoms with Crippen LogP contribution >= 0.6 is 0 Å². The Balaban J connectivity index is 1.81. The van der Waals surface area contributed by atoms with Gasteiger partial charge in [0.15, 0.2) is 0 Å². The van der Waals surface area contributed by atoms with Gasteiger partial charge in [0, 0.05) is 12.7 Å². The van der Waals surface area contributed by atoms with E-state index in [1.54, 1.807) is 14.0 Å². The highest BCUT2D eigenvalue weighted by molar-refractivity contribution is 5.89. The van der Waals surface area contributed by atoms with E-state index in [1.807, 2.05) is 54.6 Å². The molecule has 0 bridgehead atoms. The summed E-state index contributed by atoms with van der Waals surface area (Å²) in [5.41, 5.74) is 2.90. The summed E-state index contributed by atoms with van der Waals surface area (Å²) in [4.78, 5) is 13.5. The molecule has 1 atom stereocenters. The molecule has 0 aromatic heterocycles. The second-order valence-electron chi connectivity index (χ2n) is 5.75. The van der Waals surface area contributed by atoms with E-state index in [0.29, 0.717) is 18.9 Å². The predicted octanol–water partition coefficient (Wildman–Crippen LogP) is 3.25. The van der Waals surface area contributed by atoms with Gasteiger partial charge in [0.1, 0.15) is 0 Å². The lowest BCUT2D eigenvalue weighted by atomic mass is 10.2. The zero-order valence-corrected chi connectivity index (χ0v) is 14.1. The number of carbonyl (C=O) groups excluding carboxylic acids is 1. The summed E-state index contributed by atoms with van der Waals surface area (Å²) < 4.78 is 5.69. The fourth-order valence-electron chi connectivity index (χ4n) is 2.08. The maximum absolute atomic E-state index is 12.0. The molecule has 5 heteroatoms. The first kappa shape index (κ1) is 18.0. The van der Waals surface area contributed by atoms with E-state index < -0.39 is 0 Å². The van der Waals surface area contributed by atoms with E-state index >= 15 is 0 Å². The lowest BCUT2D eigenvalue weighted by molar-refractivity contribution is 0.107. The number of anilines is 1. The maximum Gasteiger partial charge on any atom is 0.321 e. The molecule has 0 spiro atoms. The van der Waals surface area contributed by atoms with Gasteiger partial charge in [-0.1, -0.05) is 42.5 Å². The number of benzene rings is 2. The smallest absolute Gasteiger partial charge is 0.321 e. The molecule has 5 nitrogen and oxygen atoms in total. The Kier molecular flexibility index (Phi) is 6.78. The summed E-state index contributed by atoms with van der Waals surface area (Å²) in [5, 5.41) is 11.9. The zero-order valence-electron chi connectivity index (χ0n) is 14.1. The number of urea groups is 1. The number of nitrogens with one attached hydrogen (secondary N) is 1. The minimum atomic E-state index is -0.246. The van der Waals surface area contributed by atoms with Crippen LogP contribution in [0.3, 0.4) is 0 Å². The van der Waals surface area contributed by atoms with Crippen molar-refractivity contribution in [3.05, 3.63) is 65.7 Å². The average Bonchev–Trinajstić information content (AvgIpc) is 2.62. The largest absolute Gasteiger partial charge is 0.394 e. The first-order valence-corrected chi connectivity index (χ1v) is 7.95. The van der Waals surface area contributed by atoms with Gasteiger partial charge in [-0.2, -0.15) is 0 Å². The molecule has 2 rings (SSSR count). The number of nitrogens with zero attached hydrogens (tertiary/aromatic N) is 1. The highest BCUT2D eigenvalue weighted by Crippen LogP contribution is 2.12. The fourth-order valence-corrected chi connectivity index (χ4v) is 2.08. The summed E-state index contributed by atoms with van der Waals surface area (Å²) in [7, 11) is 1.65. The second-order valence-corrected chi connectivity index (χ2v) is 5.75. The first-order valence-electron chi connectivity index (χ1n) is 7.95. The number of ether oxygens (including phenoxy) is 1. The summed E-state index contributed by atoms with van der Waals surface area (Å²) in [6.07, 6.45) is 0. The number of aliphatic hydroxyl groups excluding tert-OH is 1. The van der Waals surface area contributed by atoms with Crippen LogP contribution in [-0.4, -0.2) is 35.7 Å². The minimum Gasteiger partial charge on any atom is -0.394 e. The predicted molar refractivity (Wildman–Crippen MR) is 94.7 cm³/mol. The minimum absolute atomic E-state index is 0.0678. The highest BCUT2D eigenvalue weighted by atomic mass is 16.5. The molecule has 0 saturated carbocycles. The van der Waals surface area contributed by atoms with Crippen molar-refractivity contribution in [1.82, 2.24) is 4.90 Å². The Hall–Kier alpha value is -2.37. The Morgan fingerprint density at radius 1 is 1.08 bits per heavy atom. The normalized spacial score (nSPS) is 11.8. The molecule has 1 unspecified atom stereocenters. The molecule has 0 saturated heterocycles. The van der Waals surface area contributed by atoms with Crippen molar-refractivity contribution in [3.8, 4) is 0 Å². The Labute approximate surface area is 142 Å². The summed E-state index contributed by atoms with van der Waals surface area (Å²) >= 11 is 0. The number of hydrogen-bond acceptors (Lipinski definition) is 3. The van der Waals surface area contributed by atoms with Crippen LogP contribution in [0, 0.1) is 0 Å². The van der Waals surface area contributed by atoms with Gasteiger partial charge in [0.05, 0.1) is 25.9 Å². The summed E-state index contributed by atoms with van der Waals surface area (Å²) in [6, 6.07) is 17.1. The van der Waals surface area contributed by atoms with Crippen LogP contribution in [0.5, 0.6) is 0 Å². The third kappa shape index (κ3) is 5.37. The molecule has 0 aliphatic carbocycles. The lowest BCUT2D eigenvalue weighted by Gasteiger charge is -2.23. The standard InChI is InChI=1S/C19H24N2O3/c1-15(12-22)21(2)19(23)20-18-10-8-17(9-11-18)14-24-13-16-6-4-3-5-7-16/h3-11,15,22H,12-14H2,1-2H3,(H,20,23). The molecule has 2 N–H and O–H groups in total. The third-order valence-electron chi connectivity index (χ3n) is 3.83. The first-order chi connectivity index (χ1) is 11.6. The van der Waals surface area contributed by atoms with E-state index in [-0.39, 0.29) is 18.7 Å². The molecule has 128 valence electrons. The van der Waals surface area contributed by atoms with Gasteiger partial charge in [-0.3, -0.25) is 0 Å². The number of carbonyl (C=O) groups is 1. The van der Waals surface area contributed by atoms with Crippen molar-refractivity contribution in [2.75, 3.05) is 19.0 Å². The average molecular weight is 328 g/mol. The van der Waals surface area contributed by atoms with Crippen LogP contribution in [0.1, 0.15) is 18.1 Å².